The van der Waals surface area contributed by atoms with Gasteiger partial charge in [-0.25, -0.2) is 17.6 Å². The molecule has 0 saturated carbocycles. The molecule has 0 heterocycles. The third kappa shape index (κ3) is 3.64. The molecule has 0 amide bonds. The Bertz CT molecular complexity index is 86.0. The molecule has 0 fully saturated rings. The fourth-order valence-electron chi connectivity index (χ4n) is 0.192. The van der Waals surface area contributed by atoms with Crippen LogP contribution in [0.2, 0.25) is 0 Å². The number of rotatable bonds is 2. The van der Waals surface area contributed by atoms with Crippen LogP contribution in [0.3, 0.4) is 0 Å². The lowest BCUT2D eigenvalue weighted by molar-refractivity contribution is 0.140. The molecule has 0 N–H and O–H groups in total. The lowest BCUT2D eigenvalue weighted by Crippen LogP contribution is -1.88. The predicted molar refractivity (Wildman–Crippen MR) is 20.9 cm³/mol. The van der Waals surface area contributed by atoms with Crippen LogP contribution in [0.15, 0.2) is 12.2 Å². The average molecular weight is 128 g/mol. The molecule has 0 aliphatic carbocycles. The molecule has 0 bridgehead atoms. The minimum absolute atomic E-state index is 0.466. The van der Waals surface area contributed by atoms with Gasteiger partial charge in [-0.15, -0.1) is 0 Å². The van der Waals surface area contributed by atoms with Gasteiger partial charge < -0.3 is 0 Å². The van der Waals surface area contributed by atoms with Gasteiger partial charge in [0.25, 0.3) is 0 Å². The Morgan fingerprint density at radius 3 is 2.12 bits per heavy atom. The molecule has 0 nitrogen and oxygen atoms in total. The van der Waals surface area contributed by atoms with Gasteiger partial charge in [0.1, 0.15) is 12.2 Å². The summed E-state index contributed by atoms with van der Waals surface area (Å²) >= 11 is 0. The van der Waals surface area contributed by atoms with Gasteiger partial charge in [-0.1, -0.05) is 0 Å². The Kier molecular flexibility index (Phi) is 3.23. The Labute approximate surface area is 43.8 Å². The van der Waals surface area contributed by atoms with Crippen LogP contribution in [0, 0.1) is 0 Å². The van der Waals surface area contributed by atoms with Gasteiger partial charge in [-0.05, 0) is 0 Å². The molecule has 0 spiro atoms. The van der Waals surface area contributed by atoms with Crippen LogP contribution >= 0.6 is 0 Å². The maximum atomic E-state index is 11.4. The van der Waals surface area contributed by atoms with Crippen LogP contribution in [-0.2, 0) is 0 Å². The number of alkyl halides is 2. The van der Waals surface area contributed by atoms with Crippen molar-refractivity contribution in [3.63, 3.8) is 0 Å². The highest BCUT2D eigenvalue weighted by atomic mass is 19.3. The van der Waals surface area contributed by atoms with Crippen LogP contribution in [-0.4, -0.2) is 6.43 Å². The summed E-state index contributed by atoms with van der Waals surface area (Å²) in [7, 11) is 0. The zero-order chi connectivity index (χ0) is 6.57. The van der Waals surface area contributed by atoms with Gasteiger partial charge in [0.2, 0.25) is 6.43 Å². The second kappa shape index (κ2) is 3.46. The lowest BCUT2D eigenvalue weighted by Gasteiger charge is -1.90. The van der Waals surface area contributed by atoms with Gasteiger partial charge in [0.05, 0.1) is 6.42 Å². The minimum Gasteiger partial charge on any atom is -0.213 e. The van der Waals surface area contributed by atoms with Gasteiger partial charge in [0.15, 0.2) is 0 Å². The molecule has 0 unspecified atom stereocenters. The second-order valence-electron chi connectivity index (χ2n) is 1.15. The second-order valence-corrected chi connectivity index (χ2v) is 1.15. The van der Waals surface area contributed by atoms with Crippen molar-refractivity contribution in [3.05, 3.63) is 12.2 Å². The fourth-order valence-corrected chi connectivity index (χ4v) is 0.192. The molecule has 0 atom stereocenters. The molecule has 0 aromatic carbocycles. The average Bonchev–Trinajstić information content (AvgIpc) is 1.65. The Morgan fingerprint density at radius 1 is 1.50 bits per heavy atom. The van der Waals surface area contributed by atoms with E-state index in [4.69, 9.17) is 0 Å². The van der Waals surface area contributed by atoms with E-state index in [0.717, 1.165) is 0 Å². The Morgan fingerprint density at radius 2 is 2.00 bits per heavy atom. The molecule has 0 aliphatic heterocycles. The summed E-state index contributed by atoms with van der Waals surface area (Å²) in [5, 5.41) is 0. The van der Waals surface area contributed by atoms with Crippen LogP contribution in [0.4, 0.5) is 17.6 Å². The van der Waals surface area contributed by atoms with E-state index < -0.39 is 25.0 Å². The van der Waals surface area contributed by atoms with Crippen molar-refractivity contribution in [1.29, 1.82) is 0 Å². The fraction of sp³-hybridized carbons (Fsp3) is 0.500. The summed E-state index contributed by atoms with van der Waals surface area (Å²) < 4.78 is 44.3. The van der Waals surface area contributed by atoms with Crippen molar-refractivity contribution in [2.75, 3.05) is 0 Å². The van der Waals surface area contributed by atoms with Crippen LogP contribution < -0.4 is 0 Å². The van der Waals surface area contributed by atoms with Crippen molar-refractivity contribution in [2.45, 2.75) is 12.8 Å². The summed E-state index contributed by atoms with van der Waals surface area (Å²) in [6.45, 7) is 0. The van der Waals surface area contributed by atoms with Crippen molar-refractivity contribution in [2.24, 2.45) is 0 Å². The minimum atomic E-state index is -2.80. The van der Waals surface area contributed by atoms with Gasteiger partial charge >= 0.3 is 0 Å². The zero-order valence-electron chi connectivity index (χ0n) is 3.87. The molecule has 4 heteroatoms. The smallest absolute Gasteiger partial charge is 0.213 e. The Hall–Kier alpha value is -0.540. The summed E-state index contributed by atoms with van der Waals surface area (Å²) in [5.41, 5.74) is 0. The first-order valence-electron chi connectivity index (χ1n) is 1.89. The predicted octanol–water partition coefficient (Wildman–Crippen LogP) is 2.42. The van der Waals surface area contributed by atoms with Gasteiger partial charge in [-0.2, -0.15) is 0 Å². The first-order chi connectivity index (χ1) is 3.66. The highest BCUT2D eigenvalue weighted by molar-refractivity contribution is 4.84. The van der Waals surface area contributed by atoms with E-state index in [9.17, 15) is 17.6 Å². The number of halogens is 4. The molecule has 0 aromatic rings. The summed E-state index contributed by atoms with van der Waals surface area (Å²) in [4.78, 5) is 0. The molecule has 0 radical (unpaired) electrons. The maximum absolute atomic E-state index is 11.4. The number of hydrogen-bond donors (Lipinski definition) is 0. The topological polar surface area (TPSA) is 0 Å². The number of hydrogen-bond acceptors (Lipinski definition) is 0. The van der Waals surface area contributed by atoms with Crippen LogP contribution in [0.25, 0.3) is 0 Å². The van der Waals surface area contributed by atoms with E-state index in [-0.39, 0.29) is 0 Å². The molecule has 0 aromatic heterocycles. The summed E-state index contributed by atoms with van der Waals surface area (Å²) in [6, 6.07) is 0. The van der Waals surface area contributed by atoms with Crippen molar-refractivity contribution in [3.8, 4) is 0 Å². The van der Waals surface area contributed by atoms with E-state index in [1.54, 1.807) is 0 Å². The lowest BCUT2D eigenvalue weighted by atomic mass is 10.4. The summed E-state index contributed by atoms with van der Waals surface area (Å²) in [5.74, 6) is -1.42. The first-order valence-corrected chi connectivity index (χ1v) is 1.89. The van der Waals surface area contributed by atoms with Crippen molar-refractivity contribution in [1.82, 2.24) is 0 Å². The normalized spacial score (nSPS) is 12.9. The quantitative estimate of drug-likeness (QED) is 0.501. The van der Waals surface area contributed by atoms with Gasteiger partial charge in [-0.3, -0.25) is 0 Å². The van der Waals surface area contributed by atoms with Crippen LogP contribution in [0.1, 0.15) is 6.42 Å². The molecule has 0 rings (SSSR count). The molecule has 0 aliphatic rings. The van der Waals surface area contributed by atoms with Crippen molar-refractivity contribution < 1.29 is 17.6 Å². The highest BCUT2D eigenvalue weighted by Crippen LogP contribution is 2.10. The third-order valence-electron chi connectivity index (χ3n) is 0.468. The molecule has 0 saturated heterocycles. The van der Waals surface area contributed by atoms with E-state index in [1.807, 2.05) is 0 Å². The van der Waals surface area contributed by atoms with E-state index >= 15 is 0 Å². The molecular weight excluding hydrogens is 124 g/mol. The van der Waals surface area contributed by atoms with E-state index in [2.05, 4.69) is 0 Å². The van der Waals surface area contributed by atoms with Crippen molar-refractivity contribution >= 4 is 0 Å². The van der Waals surface area contributed by atoms with E-state index in [1.165, 1.54) is 0 Å². The largest absolute Gasteiger partial charge is 0.244 e. The summed E-state index contributed by atoms with van der Waals surface area (Å²) in [6.07, 6.45) is -4.40. The van der Waals surface area contributed by atoms with Crippen LogP contribution in [0.5, 0.6) is 0 Å². The zero-order valence-corrected chi connectivity index (χ0v) is 3.87. The first kappa shape index (κ1) is 7.46. The van der Waals surface area contributed by atoms with Gasteiger partial charge in [0, 0.05) is 0 Å². The third-order valence-corrected chi connectivity index (χ3v) is 0.468. The Balaban J connectivity index is 3.39. The SMILES string of the molecule is F/C=C(\F)CC(F)F. The number of allylic oxidation sites excluding steroid dienone is 1. The highest BCUT2D eigenvalue weighted by Gasteiger charge is 2.05. The monoisotopic (exact) mass is 128 g/mol. The van der Waals surface area contributed by atoms with E-state index in [0.29, 0.717) is 0 Å². The molecule has 8 heavy (non-hydrogen) atoms. The molecular formula is C4H4F4. The maximum Gasteiger partial charge on any atom is 0.244 e. The molecule has 48 valence electrons. The standard InChI is InChI=1S/C4H4F4/c5-2-3(6)1-4(7)8/h2,4H,1H2/b3-2-.